The van der Waals surface area contributed by atoms with Crippen molar-refractivity contribution in [2.75, 3.05) is 0 Å². The Morgan fingerprint density at radius 2 is 2.06 bits per heavy atom. The van der Waals surface area contributed by atoms with Crippen molar-refractivity contribution in [2.24, 2.45) is 5.73 Å². The Labute approximate surface area is 104 Å². The molecule has 2 atom stereocenters. The van der Waals surface area contributed by atoms with Crippen LogP contribution in [0.5, 0.6) is 0 Å². The molecule has 5 heteroatoms. The van der Waals surface area contributed by atoms with E-state index in [1.807, 2.05) is 6.92 Å². The second kappa shape index (κ2) is 6.28. The smallest absolute Gasteiger partial charge is 0.149 e. The third kappa shape index (κ3) is 3.37. The molecule has 1 aromatic carbocycles. The van der Waals surface area contributed by atoms with Gasteiger partial charge in [0.15, 0.2) is 0 Å². The van der Waals surface area contributed by atoms with Crippen LogP contribution in [0.4, 0.5) is 8.78 Å². The summed E-state index contributed by atoms with van der Waals surface area (Å²) in [6, 6.07) is 1.08. The van der Waals surface area contributed by atoms with E-state index < -0.39 is 23.8 Å². The molecule has 0 saturated heterocycles. The summed E-state index contributed by atoms with van der Waals surface area (Å²) in [5, 5.41) is 9.55. The lowest BCUT2D eigenvalue weighted by molar-refractivity contribution is 0.129. The number of aliphatic hydroxyl groups is 1. The van der Waals surface area contributed by atoms with Crippen LogP contribution in [0.25, 0.3) is 0 Å². The van der Waals surface area contributed by atoms with Crippen molar-refractivity contribution in [2.45, 2.75) is 38.3 Å². The topological polar surface area (TPSA) is 46.2 Å². The van der Waals surface area contributed by atoms with Crippen molar-refractivity contribution in [1.82, 2.24) is 0 Å². The fourth-order valence-electron chi connectivity index (χ4n) is 1.63. The molecule has 3 N–H and O–H groups in total. The summed E-state index contributed by atoms with van der Waals surface area (Å²) in [6.07, 6.45) is 1.06. The quantitative estimate of drug-likeness (QED) is 0.802. The van der Waals surface area contributed by atoms with E-state index in [9.17, 15) is 13.9 Å². The van der Waals surface area contributed by atoms with Gasteiger partial charge in [-0.2, -0.15) is 0 Å². The second-order valence-corrected chi connectivity index (χ2v) is 4.40. The minimum Gasteiger partial charge on any atom is -0.391 e. The van der Waals surface area contributed by atoms with Crippen molar-refractivity contribution >= 4 is 11.6 Å². The summed E-state index contributed by atoms with van der Waals surface area (Å²) in [4.78, 5) is 0. The molecular formula is C12H16ClF2NO. The molecule has 0 bridgehead atoms. The third-order valence-corrected chi connectivity index (χ3v) is 2.97. The molecule has 0 fully saturated rings. The number of nitrogens with two attached hydrogens (primary N) is 1. The average molecular weight is 264 g/mol. The standard InChI is InChI=1S/C12H16ClF2NO/c1-2-3-4-9(17)12(16)10-8(14)6-5-7(13)11(10)15/h5-6,9,12,17H,2-4,16H2,1H3/t9-,12-/m1/s1. The molecule has 0 aliphatic rings. The summed E-state index contributed by atoms with van der Waals surface area (Å²) in [7, 11) is 0. The van der Waals surface area contributed by atoms with Gasteiger partial charge in [0.2, 0.25) is 0 Å². The molecule has 1 rings (SSSR count). The molecule has 96 valence electrons. The van der Waals surface area contributed by atoms with E-state index in [1.165, 1.54) is 0 Å². The first-order valence-corrected chi connectivity index (χ1v) is 5.93. The minimum atomic E-state index is -1.10. The number of aliphatic hydroxyl groups excluding tert-OH is 1. The Hall–Kier alpha value is -0.710. The lowest BCUT2D eigenvalue weighted by Crippen LogP contribution is -2.28. The van der Waals surface area contributed by atoms with Gasteiger partial charge in [-0.3, -0.25) is 0 Å². The number of rotatable bonds is 5. The van der Waals surface area contributed by atoms with E-state index in [1.54, 1.807) is 0 Å². The zero-order valence-electron chi connectivity index (χ0n) is 9.59. The van der Waals surface area contributed by atoms with Gasteiger partial charge in [0.25, 0.3) is 0 Å². The maximum Gasteiger partial charge on any atom is 0.149 e. The van der Waals surface area contributed by atoms with Gasteiger partial charge >= 0.3 is 0 Å². The van der Waals surface area contributed by atoms with Gasteiger partial charge in [0.1, 0.15) is 11.6 Å². The van der Waals surface area contributed by atoms with Gasteiger partial charge in [0.05, 0.1) is 17.2 Å². The Kier molecular flexibility index (Phi) is 5.31. The minimum absolute atomic E-state index is 0.195. The average Bonchev–Trinajstić information content (AvgIpc) is 2.31. The maximum atomic E-state index is 13.6. The van der Waals surface area contributed by atoms with Crippen LogP contribution in [-0.2, 0) is 0 Å². The Morgan fingerprint density at radius 1 is 1.41 bits per heavy atom. The molecule has 0 spiro atoms. The highest BCUT2D eigenvalue weighted by Gasteiger charge is 2.24. The molecule has 2 nitrogen and oxygen atoms in total. The number of benzene rings is 1. The molecule has 0 unspecified atom stereocenters. The van der Waals surface area contributed by atoms with Crippen LogP contribution < -0.4 is 5.73 Å². The number of unbranched alkanes of at least 4 members (excludes halogenated alkanes) is 1. The van der Waals surface area contributed by atoms with Gasteiger partial charge in [-0.15, -0.1) is 0 Å². The highest BCUT2D eigenvalue weighted by atomic mass is 35.5. The van der Waals surface area contributed by atoms with Gasteiger partial charge in [-0.25, -0.2) is 8.78 Å². The monoisotopic (exact) mass is 263 g/mol. The molecule has 0 aromatic heterocycles. The molecule has 0 radical (unpaired) electrons. The fourth-order valence-corrected chi connectivity index (χ4v) is 1.80. The Balaban J connectivity index is 2.95. The van der Waals surface area contributed by atoms with Gasteiger partial charge < -0.3 is 10.8 Å². The first kappa shape index (κ1) is 14.4. The largest absolute Gasteiger partial charge is 0.391 e. The number of halogens is 3. The van der Waals surface area contributed by atoms with E-state index in [2.05, 4.69) is 0 Å². The normalized spacial score (nSPS) is 14.7. The second-order valence-electron chi connectivity index (χ2n) is 3.99. The predicted octanol–water partition coefficient (Wildman–Crippen LogP) is 3.17. The summed E-state index contributed by atoms with van der Waals surface area (Å²) in [5.41, 5.74) is 5.32. The molecule has 17 heavy (non-hydrogen) atoms. The molecule has 0 amide bonds. The Bertz CT molecular complexity index is 387. The van der Waals surface area contributed by atoms with E-state index >= 15 is 0 Å². The summed E-state index contributed by atoms with van der Waals surface area (Å²) >= 11 is 5.56. The molecule has 0 saturated carbocycles. The maximum absolute atomic E-state index is 13.6. The van der Waals surface area contributed by atoms with E-state index in [4.69, 9.17) is 17.3 Å². The predicted molar refractivity (Wildman–Crippen MR) is 63.8 cm³/mol. The van der Waals surface area contributed by atoms with Crippen molar-refractivity contribution in [3.05, 3.63) is 34.4 Å². The molecule has 0 heterocycles. The van der Waals surface area contributed by atoms with Gasteiger partial charge in [-0.05, 0) is 18.6 Å². The van der Waals surface area contributed by atoms with Gasteiger partial charge in [0, 0.05) is 5.56 Å². The third-order valence-electron chi connectivity index (χ3n) is 2.68. The highest BCUT2D eigenvalue weighted by Crippen LogP contribution is 2.28. The zero-order chi connectivity index (χ0) is 13.0. The van der Waals surface area contributed by atoms with Crippen LogP contribution in [-0.4, -0.2) is 11.2 Å². The van der Waals surface area contributed by atoms with Crippen LogP contribution in [0.2, 0.25) is 5.02 Å². The lowest BCUT2D eigenvalue weighted by Gasteiger charge is -2.20. The Morgan fingerprint density at radius 3 is 2.65 bits per heavy atom. The zero-order valence-corrected chi connectivity index (χ0v) is 10.3. The SMILES string of the molecule is CCCC[C@@H](O)[C@@H](N)c1c(F)ccc(Cl)c1F. The summed E-state index contributed by atoms with van der Waals surface area (Å²) in [6.45, 7) is 1.96. The van der Waals surface area contributed by atoms with E-state index in [0.717, 1.165) is 25.0 Å². The van der Waals surface area contributed by atoms with Crippen LogP contribution in [0, 0.1) is 11.6 Å². The van der Waals surface area contributed by atoms with Crippen molar-refractivity contribution < 1.29 is 13.9 Å². The van der Waals surface area contributed by atoms with Crippen LogP contribution >= 0.6 is 11.6 Å². The van der Waals surface area contributed by atoms with E-state index in [0.29, 0.717) is 6.42 Å². The number of hydrogen-bond acceptors (Lipinski definition) is 2. The first-order valence-electron chi connectivity index (χ1n) is 5.56. The van der Waals surface area contributed by atoms with E-state index in [-0.39, 0.29) is 10.6 Å². The molecular weight excluding hydrogens is 248 g/mol. The molecule has 0 aliphatic carbocycles. The fraction of sp³-hybridized carbons (Fsp3) is 0.500. The van der Waals surface area contributed by atoms with Crippen molar-refractivity contribution in [3.63, 3.8) is 0 Å². The molecule has 1 aromatic rings. The van der Waals surface area contributed by atoms with Gasteiger partial charge in [-0.1, -0.05) is 31.4 Å². The van der Waals surface area contributed by atoms with Crippen LogP contribution in [0.3, 0.4) is 0 Å². The highest BCUT2D eigenvalue weighted by molar-refractivity contribution is 6.30. The van der Waals surface area contributed by atoms with Crippen LogP contribution in [0.15, 0.2) is 12.1 Å². The van der Waals surface area contributed by atoms with Crippen molar-refractivity contribution in [3.8, 4) is 0 Å². The summed E-state index contributed by atoms with van der Waals surface area (Å²) in [5.74, 6) is -1.68. The molecule has 0 aliphatic heterocycles. The summed E-state index contributed by atoms with van der Waals surface area (Å²) < 4.78 is 27.1. The van der Waals surface area contributed by atoms with Crippen molar-refractivity contribution in [1.29, 1.82) is 0 Å². The van der Waals surface area contributed by atoms with Crippen LogP contribution in [0.1, 0.15) is 37.8 Å². The first-order chi connectivity index (χ1) is 7.99. The number of hydrogen-bond donors (Lipinski definition) is 2. The lowest BCUT2D eigenvalue weighted by atomic mass is 9.97.